The van der Waals surface area contributed by atoms with E-state index < -0.39 is 5.60 Å². The van der Waals surface area contributed by atoms with E-state index in [0.29, 0.717) is 61.9 Å². The lowest BCUT2D eigenvalue weighted by Crippen LogP contribution is -2.49. The molecule has 8 heteroatoms. The molecule has 2 atom stereocenters. The highest BCUT2D eigenvalue weighted by Crippen LogP contribution is 2.31. The fourth-order valence-corrected chi connectivity index (χ4v) is 4.45. The zero-order chi connectivity index (χ0) is 25.4. The van der Waals surface area contributed by atoms with Crippen LogP contribution in [0.25, 0.3) is 0 Å². The van der Waals surface area contributed by atoms with Crippen LogP contribution in [0, 0.1) is 11.7 Å². The Bertz CT molecular complexity index is 986. The summed E-state index contributed by atoms with van der Waals surface area (Å²) >= 11 is 0. The third-order valence-electron chi connectivity index (χ3n) is 6.50. The van der Waals surface area contributed by atoms with Gasteiger partial charge in [-0.2, -0.15) is 0 Å². The number of hydrogen-bond donors (Lipinski definition) is 2. The molecule has 0 bridgehead atoms. The van der Waals surface area contributed by atoms with Gasteiger partial charge in [0.1, 0.15) is 5.82 Å². The van der Waals surface area contributed by atoms with Crippen molar-refractivity contribution in [2.45, 2.75) is 38.3 Å². The fourth-order valence-electron chi connectivity index (χ4n) is 4.45. The molecule has 0 aromatic heterocycles. The molecule has 1 amide bonds. The Morgan fingerprint density at radius 3 is 2.66 bits per heavy atom. The number of carbonyl (C=O) groups is 1. The number of carbonyl (C=O) groups excluding carboxylic acids is 1. The molecular weight excluding hydrogens is 451 g/mol. The van der Waals surface area contributed by atoms with Crippen molar-refractivity contribution < 1.29 is 28.5 Å². The Hall–Kier alpha value is -2.68. The van der Waals surface area contributed by atoms with E-state index in [0.717, 1.165) is 0 Å². The second-order valence-corrected chi connectivity index (χ2v) is 9.31. The maximum absolute atomic E-state index is 14.3. The summed E-state index contributed by atoms with van der Waals surface area (Å²) in [4.78, 5) is 15.3. The number of ether oxygens (including phenoxy) is 3. The number of nitrogens with zero attached hydrogens (tertiary/aromatic N) is 1. The fraction of sp³-hybridized carbons (Fsp3) is 0.519. The van der Waals surface area contributed by atoms with Crippen LogP contribution < -0.4 is 14.8 Å². The first-order valence-corrected chi connectivity index (χ1v) is 12.1. The van der Waals surface area contributed by atoms with Gasteiger partial charge in [-0.15, -0.1) is 0 Å². The van der Waals surface area contributed by atoms with Gasteiger partial charge in [0, 0.05) is 63.7 Å². The average Bonchev–Trinajstić information content (AvgIpc) is 3.20. The van der Waals surface area contributed by atoms with Crippen molar-refractivity contribution in [1.82, 2.24) is 10.2 Å². The first kappa shape index (κ1) is 26.9. The van der Waals surface area contributed by atoms with Crippen LogP contribution in [0.1, 0.15) is 36.2 Å². The Balaban J connectivity index is 1.77. The minimum Gasteiger partial charge on any atom is -0.493 e. The highest BCUT2D eigenvalue weighted by molar-refractivity contribution is 5.95. The number of methoxy groups -OCH3 is 2. The number of β-amino-alcohol motifs (C(OH)–C–C–N with tert-alkyl or cyclic N) is 1. The maximum atomic E-state index is 14.3. The largest absolute Gasteiger partial charge is 0.493 e. The molecule has 7 nitrogen and oxygen atoms in total. The van der Waals surface area contributed by atoms with Crippen molar-refractivity contribution >= 4 is 5.91 Å². The molecule has 1 aliphatic heterocycles. The molecule has 1 fully saturated rings. The van der Waals surface area contributed by atoms with E-state index in [-0.39, 0.29) is 30.1 Å². The third-order valence-corrected chi connectivity index (χ3v) is 6.50. The predicted octanol–water partition coefficient (Wildman–Crippen LogP) is 3.29. The van der Waals surface area contributed by atoms with Gasteiger partial charge >= 0.3 is 0 Å². The molecule has 0 saturated carbocycles. The van der Waals surface area contributed by atoms with Gasteiger partial charge in [0.2, 0.25) is 0 Å². The molecule has 2 aromatic carbocycles. The minimum atomic E-state index is -1.16. The van der Waals surface area contributed by atoms with Crippen LogP contribution in [-0.2, 0) is 11.2 Å². The van der Waals surface area contributed by atoms with Crippen molar-refractivity contribution in [3.05, 3.63) is 59.4 Å². The topological polar surface area (TPSA) is 80.3 Å². The molecule has 3 rings (SSSR count). The summed E-state index contributed by atoms with van der Waals surface area (Å²) in [6.45, 7) is 6.13. The second kappa shape index (κ2) is 12.3. The summed E-state index contributed by atoms with van der Waals surface area (Å²) in [5, 5.41) is 14.7. The van der Waals surface area contributed by atoms with Gasteiger partial charge in [0.05, 0.1) is 19.3 Å². The second-order valence-electron chi connectivity index (χ2n) is 9.31. The van der Waals surface area contributed by atoms with Gasteiger partial charge in [-0.25, -0.2) is 4.39 Å². The zero-order valence-corrected chi connectivity index (χ0v) is 21.1. The van der Waals surface area contributed by atoms with Gasteiger partial charge in [-0.05, 0) is 43.7 Å². The predicted molar refractivity (Wildman–Crippen MR) is 133 cm³/mol. The molecule has 0 aliphatic carbocycles. The first-order valence-electron chi connectivity index (χ1n) is 12.1. The SMILES string of the molecule is COCCCOc1cc(C(=O)N(CC2CNCC2(O)Cc2ccccc2F)C(C)C)ccc1OC. The van der Waals surface area contributed by atoms with Crippen molar-refractivity contribution in [2.75, 3.05) is 47.1 Å². The molecule has 192 valence electrons. The highest BCUT2D eigenvalue weighted by Gasteiger charge is 2.43. The zero-order valence-electron chi connectivity index (χ0n) is 21.1. The van der Waals surface area contributed by atoms with Gasteiger partial charge in [-0.3, -0.25) is 4.79 Å². The lowest BCUT2D eigenvalue weighted by Gasteiger charge is -2.35. The van der Waals surface area contributed by atoms with Crippen molar-refractivity contribution in [2.24, 2.45) is 5.92 Å². The molecule has 35 heavy (non-hydrogen) atoms. The summed E-state index contributed by atoms with van der Waals surface area (Å²) in [7, 11) is 3.19. The first-order chi connectivity index (χ1) is 16.8. The maximum Gasteiger partial charge on any atom is 0.254 e. The number of rotatable bonds is 12. The van der Waals surface area contributed by atoms with E-state index in [4.69, 9.17) is 14.2 Å². The lowest BCUT2D eigenvalue weighted by atomic mass is 9.84. The summed E-state index contributed by atoms with van der Waals surface area (Å²) in [5.74, 6) is 0.298. The van der Waals surface area contributed by atoms with E-state index in [9.17, 15) is 14.3 Å². The van der Waals surface area contributed by atoms with Crippen molar-refractivity contribution in [1.29, 1.82) is 0 Å². The Labute approximate surface area is 207 Å². The molecular formula is C27H37FN2O5. The molecule has 1 heterocycles. The van der Waals surface area contributed by atoms with E-state index in [1.807, 2.05) is 13.8 Å². The molecule has 1 saturated heterocycles. The molecule has 1 aliphatic rings. The van der Waals surface area contributed by atoms with Crippen molar-refractivity contribution in [3.8, 4) is 11.5 Å². The van der Waals surface area contributed by atoms with E-state index in [2.05, 4.69) is 5.32 Å². The third kappa shape index (κ3) is 6.72. The van der Waals surface area contributed by atoms with Crippen LogP contribution in [0.4, 0.5) is 4.39 Å². The van der Waals surface area contributed by atoms with Gasteiger partial charge < -0.3 is 29.5 Å². The number of amides is 1. The van der Waals surface area contributed by atoms with Gasteiger partial charge in [0.25, 0.3) is 5.91 Å². The Kier molecular flexibility index (Phi) is 9.48. The van der Waals surface area contributed by atoms with Crippen LogP contribution in [0.15, 0.2) is 42.5 Å². The molecule has 2 N–H and O–H groups in total. The average molecular weight is 489 g/mol. The summed E-state index contributed by atoms with van der Waals surface area (Å²) < 4.78 is 30.6. The van der Waals surface area contributed by atoms with E-state index >= 15 is 0 Å². The van der Waals surface area contributed by atoms with Crippen LogP contribution in [0.5, 0.6) is 11.5 Å². The molecule has 2 aromatic rings. The Morgan fingerprint density at radius 1 is 1.20 bits per heavy atom. The lowest BCUT2D eigenvalue weighted by molar-refractivity contribution is 0.000757. The van der Waals surface area contributed by atoms with Crippen LogP contribution in [0.3, 0.4) is 0 Å². The van der Waals surface area contributed by atoms with Gasteiger partial charge in [0.15, 0.2) is 11.5 Å². The number of halogens is 1. The minimum absolute atomic E-state index is 0.103. The summed E-state index contributed by atoms with van der Waals surface area (Å²) in [6.07, 6.45) is 0.894. The van der Waals surface area contributed by atoms with Crippen LogP contribution >= 0.6 is 0 Å². The quantitative estimate of drug-likeness (QED) is 0.447. The number of hydrogen-bond acceptors (Lipinski definition) is 6. The smallest absolute Gasteiger partial charge is 0.254 e. The number of aliphatic hydroxyl groups is 1. The van der Waals surface area contributed by atoms with E-state index in [1.54, 1.807) is 55.5 Å². The number of nitrogens with one attached hydrogen (secondary N) is 1. The van der Waals surface area contributed by atoms with Gasteiger partial charge in [-0.1, -0.05) is 18.2 Å². The molecule has 2 unspecified atom stereocenters. The normalized spacial score (nSPS) is 19.7. The summed E-state index contributed by atoms with van der Waals surface area (Å²) in [5.41, 5.74) is -0.216. The monoisotopic (exact) mass is 488 g/mol. The van der Waals surface area contributed by atoms with Crippen LogP contribution in [0.2, 0.25) is 0 Å². The highest BCUT2D eigenvalue weighted by atomic mass is 19.1. The van der Waals surface area contributed by atoms with Crippen molar-refractivity contribution in [3.63, 3.8) is 0 Å². The van der Waals surface area contributed by atoms with Crippen LogP contribution in [-0.4, -0.2) is 74.6 Å². The number of benzene rings is 2. The summed E-state index contributed by atoms with van der Waals surface area (Å²) in [6, 6.07) is 11.5. The molecule has 0 spiro atoms. The molecule has 0 radical (unpaired) electrons. The Morgan fingerprint density at radius 2 is 1.97 bits per heavy atom. The standard InChI is InChI=1S/C27H37FN2O5/c1-19(2)30(17-22-16-29-18-27(22,32)15-21-8-5-6-9-23(21)28)26(31)20-10-11-24(34-4)25(14-20)35-13-7-12-33-3/h5-6,8-11,14,19,22,29,32H,7,12-13,15-18H2,1-4H3. The van der Waals surface area contributed by atoms with E-state index in [1.165, 1.54) is 6.07 Å².